The molecule has 0 saturated carbocycles. The number of nitrogens with zero attached hydrogens (tertiary/aromatic N) is 2. The van der Waals surface area contributed by atoms with E-state index in [9.17, 15) is 18.0 Å². The number of nitrogens with one attached hydrogen (secondary N) is 1. The summed E-state index contributed by atoms with van der Waals surface area (Å²) in [6.07, 6.45) is 6.03. The number of unbranched alkanes of at least 4 members (excludes halogenated alkanes) is 1. The summed E-state index contributed by atoms with van der Waals surface area (Å²) in [5, 5.41) is 0. The van der Waals surface area contributed by atoms with E-state index in [4.69, 9.17) is 4.74 Å². The number of sulfonamides is 1. The third-order valence-corrected chi connectivity index (χ3v) is 7.94. The number of carbonyl (C=O) groups is 2. The van der Waals surface area contributed by atoms with E-state index in [0.717, 1.165) is 22.6 Å². The predicted molar refractivity (Wildman–Crippen MR) is 131 cm³/mol. The summed E-state index contributed by atoms with van der Waals surface area (Å²) in [4.78, 5) is 29.7. The first-order chi connectivity index (χ1) is 16.2. The van der Waals surface area contributed by atoms with Crippen LogP contribution in [0, 0.1) is 5.92 Å². The van der Waals surface area contributed by atoms with Gasteiger partial charge in [-0.1, -0.05) is 45.4 Å². The molecule has 3 rings (SSSR count). The molecule has 3 aromatic rings. The van der Waals surface area contributed by atoms with E-state index in [0.29, 0.717) is 35.4 Å². The van der Waals surface area contributed by atoms with Gasteiger partial charge >= 0.3 is 6.09 Å². The largest absolute Gasteiger partial charge is 0.449 e. The summed E-state index contributed by atoms with van der Waals surface area (Å²) in [5.41, 5.74) is 1.49. The maximum absolute atomic E-state index is 13.1. The molecule has 0 saturated heterocycles. The Hall–Kier alpha value is -2.98. The van der Waals surface area contributed by atoms with E-state index in [-0.39, 0.29) is 23.1 Å². The molecule has 2 heterocycles. The summed E-state index contributed by atoms with van der Waals surface area (Å²) in [6, 6.07) is 8.68. The summed E-state index contributed by atoms with van der Waals surface area (Å²) in [7, 11) is -4.17. The number of aromatic nitrogens is 2. The van der Waals surface area contributed by atoms with Gasteiger partial charge in [0, 0.05) is 28.4 Å². The highest BCUT2D eigenvalue weighted by atomic mass is 32.2. The predicted octanol–water partition coefficient (Wildman–Crippen LogP) is 4.91. The van der Waals surface area contributed by atoms with Gasteiger partial charge in [0.1, 0.15) is 4.21 Å². The SMILES string of the molecule is CCCCOC(=O)NS(=O)(=O)c1sc(CC(C)C)cc1-c1cccc(C(=O)Cn2ccnc2)c1. The Morgan fingerprint density at radius 3 is 2.71 bits per heavy atom. The smallest absolute Gasteiger partial charge is 0.421 e. The van der Waals surface area contributed by atoms with E-state index >= 15 is 0 Å². The average molecular weight is 504 g/mol. The van der Waals surface area contributed by atoms with Crippen molar-refractivity contribution in [3.8, 4) is 11.1 Å². The van der Waals surface area contributed by atoms with Crippen LogP contribution in [0.5, 0.6) is 0 Å². The second-order valence-electron chi connectivity index (χ2n) is 8.35. The van der Waals surface area contributed by atoms with Crippen LogP contribution in [0.25, 0.3) is 11.1 Å². The number of Topliss-reactive ketones (excluding diaryl/α,β-unsaturated/α-hetero) is 1. The number of amides is 1. The van der Waals surface area contributed by atoms with Gasteiger partial charge in [0.2, 0.25) is 0 Å². The summed E-state index contributed by atoms with van der Waals surface area (Å²) < 4.78 is 34.9. The summed E-state index contributed by atoms with van der Waals surface area (Å²) in [6.45, 7) is 6.32. The Bertz CT molecular complexity index is 1230. The molecule has 182 valence electrons. The fourth-order valence-electron chi connectivity index (χ4n) is 3.32. The zero-order valence-corrected chi connectivity index (χ0v) is 21.1. The molecule has 1 N–H and O–H groups in total. The molecule has 1 amide bonds. The van der Waals surface area contributed by atoms with E-state index in [1.54, 1.807) is 47.6 Å². The Kier molecular flexibility index (Phi) is 8.62. The monoisotopic (exact) mass is 503 g/mol. The second-order valence-corrected chi connectivity index (χ2v) is 11.4. The maximum atomic E-state index is 13.1. The van der Waals surface area contributed by atoms with Crippen molar-refractivity contribution in [3.63, 3.8) is 0 Å². The molecule has 0 unspecified atom stereocenters. The molecule has 0 bridgehead atoms. The molecule has 8 nitrogen and oxygen atoms in total. The Balaban J connectivity index is 1.93. The van der Waals surface area contributed by atoms with Gasteiger partial charge in [-0.15, -0.1) is 11.3 Å². The van der Waals surface area contributed by atoms with Crippen molar-refractivity contribution in [1.29, 1.82) is 0 Å². The van der Waals surface area contributed by atoms with Gasteiger partial charge in [0.25, 0.3) is 10.0 Å². The number of hydrogen-bond acceptors (Lipinski definition) is 7. The molecule has 0 radical (unpaired) electrons. The Morgan fingerprint density at radius 1 is 1.24 bits per heavy atom. The van der Waals surface area contributed by atoms with E-state index in [1.165, 1.54) is 0 Å². The molecule has 34 heavy (non-hydrogen) atoms. The fourth-order valence-corrected chi connectivity index (χ4v) is 6.16. The second kappa shape index (κ2) is 11.4. The van der Waals surface area contributed by atoms with Crippen molar-refractivity contribution in [3.05, 3.63) is 59.5 Å². The summed E-state index contributed by atoms with van der Waals surface area (Å²) >= 11 is 1.12. The minimum atomic E-state index is -4.17. The number of carbonyl (C=O) groups excluding carboxylic acids is 2. The van der Waals surface area contributed by atoms with Crippen LogP contribution in [0.1, 0.15) is 48.8 Å². The third-order valence-electron chi connectivity index (χ3n) is 4.93. The highest BCUT2D eigenvalue weighted by Gasteiger charge is 2.26. The van der Waals surface area contributed by atoms with E-state index in [2.05, 4.69) is 4.98 Å². The molecule has 0 spiro atoms. The van der Waals surface area contributed by atoms with Crippen LogP contribution in [-0.2, 0) is 27.7 Å². The Morgan fingerprint density at radius 2 is 2.03 bits per heavy atom. The minimum absolute atomic E-state index is 0.0230. The van der Waals surface area contributed by atoms with Crippen LogP contribution >= 0.6 is 11.3 Å². The lowest BCUT2D eigenvalue weighted by Gasteiger charge is -2.09. The first-order valence-corrected chi connectivity index (χ1v) is 13.4. The standard InChI is InChI=1S/C24H29N3O5S2/c1-4-5-11-32-24(29)26-34(30,31)23-21(14-20(33-23)12-17(2)3)18-7-6-8-19(13-18)22(28)15-27-10-9-25-16-27/h6-10,13-14,16-17H,4-5,11-12,15H2,1-3H3,(H,26,29). The molecule has 1 aromatic carbocycles. The van der Waals surface area contributed by atoms with Crippen LogP contribution in [0.4, 0.5) is 4.79 Å². The number of thiophene rings is 1. The van der Waals surface area contributed by atoms with Crippen molar-refractivity contribution >= 4 is 33.2 Å². The molecule has 10 heteroatoms. The molecule has 0 aliphatic heterocycles. The number of imidazole rings is 1. The van der Waals surface area contributed by atoms with Gasteiger partial charge in [-0.05, 0) is 36.5 Å². The molecular formula is C24H29N3O5S2. The molecular weight excluding hydrogens is 474 g/mol. The molecule has 0 aliphatic rings. The fraction of sp³-hybridized carbons (Fsp3) is 0.375. The maximum Gasteiger partial charge on any atom is 0.421 e. The van der Waals surface area contributed by atoms with Crippen LogP contribution in [0.2, 0.25) is 0 Å². The van der Waals surface area contributed by atoms with Gasteiger partial charge in [-0.25, -0.2) is 22.9 Å². The van der Waals surface area contributed by atoms with Crippen molar-refractivity contribution in [2.45, 2.75) is 50.8 Å². The highest BCUT2D eigenvalue weighted by Crippen LogP contribution is 2.36. The van der Waals surface area contributed by atoms with Crippen molar-refractivity contribution in [2.24, 2.45) is 5.92 Å². The summed E-state index contributed by atoms with van der Waals surface area (Å²) in [5.74, 6) is 0.191. The first-order valence-electron chi connectivity index (χ1n) is 11.1. The van der Waals surface area contributed by atoms with E-state index < -0.39 is 16.1 Å². The van der Waals surface area contributed by atoms with Crippen molar-refractivity contribution in [1.82, 2.24) is 14.3 Å². The quantitative estimate of drug-likeness (QED) is 0.294. The number of benzene rings is 1. The van der Waals surface area contributed by atoms with Crippen LogP contribution < -0.4 is 4.72 Å². The van der Waals surface area contributed by atoms with Crippen LogP contribution in [-0.4, -0.2) is 36.5 Å². The topological polar surface area (TPSA) is 107 Å². The van der Waals surface area contributed by atoms with Crippen molar-refractivity contribution in [2.75, 3.05) is 6.61 Å². The van der Waals surface area contributed by atoms with Gasteiger partial charge < -0.3 is 9.30 Å². The minimum Gasteiger partial charge on any atom is -0.449 e. The number of rotatable bonds is 11. The van der Waals surface area contributed by atoms with Gasteiger partial charge in [0.15, 0.2) is 5.78 Å². The first kappa shape index (κ1) is 25.6. The zero-order chi connectivity index (χ0) is 24.7. The van der Waals surface area contributed by atoms with Gasteiger partial charge in [-0.2, -0.15) is 0 Å². The lowest BCUT2D eigenvalue weighted by molar-refractivity contribution is 0.0972. The number of ketones is 1. The average Bonchev–Trinajstić information content (AvgIpc) is 3.43. The molecule has 0 atom stereocenters. The van der Waals surface area contributed by atoms with Crippen molar-refractivity contribution < 1.29 is 22.7 Å². The van der Waals surface area contributed by atoms with Crippen LogP contribution in [0.15, 0.2) is 53.3 Å². The number of ether oxygens (including phenoxy) is 1. The number of hydrogen-bond donors (Lipinski definition) is 1. The van der Waals surface area contributed by atoms with E-state index in [1.807, 2.05) is 31.6 Å². The third kappa shape index (κ3) is 6.77. The lowest BCUT2D eigenvalue weighted by atomic mass is 10.0. The zero-order valence-electron chi connectivity index (χ0n) is 19.5. The van der Waals surface area contributed by atoms with Gasteiger partial charge in [-0.3, -0.25) is 4.79 Å². The normalized spacial score (nSPS) is 11.5. The van der Waals surface area contributed by atoms with Gasteiger partial charge in [0.05, 0.1) is 19.5 Å². The molecule has 0 aliphatic carbocycles. The van der Waals surface area contributed by atoms with Crippen LogP contribution in [0.3, 0.4) is 0 Å². The Labute approximate surface area is 204 Å². The lowest BCUT2D eigenvalue weighted by Crippen LogP contribution is -2.31. The molecule has 0 fully saturated rings. The highest BCUT2D eigenvalue weighted by molar-refractivity contribution is 7.92. The molecule has 2 aromatic heterocycles.